The Morgan fingerprint density at radius 2 is 2.12 bits per heavy atom. The molecular formula is C10H10Cl2N4. The molecule has 0 aliphatic rings. The van der Waals surface area contributed by atoms with Crippen LogP contribution in [0.15, 0.2) is 24.8 Å². The summed E-state index contributed by atoms with van der Waals surface area (Å²) in [6.45, 7) is 1.96. The minimum absolute atomic E-state index is 0.0328. The lowest BCUT2D eigenvalue weighted by Gasteiger charge is -2.15. The summed E-state index contributed by atoms with van der Waals surface area (Å²) in [6.07, 6.45) is 3.11. The number of nitrogens with zero attached hydrogens (tertiary/aromatic N) is 3. The van der Waals surface area contributed by atoms with Crippen LogP contribution in [0.4, 0.5) is 5.69 Å². The summed E-state index contributed by atoms with van der Waals surface area (Å²) in [5.41, 5.74) is 7.03. The first-order valence-corrected chi connectivity index (χ1v) is 5.44. The summed E-state index contributed by atoms with van der Waals surface area (Å²) >= 11 is 12.0. The fourth-order valence-corrected chi connectivity index (χ4v) is 2.00. The van der Waals surface area contributed by atoms with E-state index >= 15 is 0 Å². The molecule has 2 aromatic rings. The van der Waals surface area contributed by atoms with Gasteiger partial charge in [0, 0.05) is 0 Å². The number of nitrogen functional groups attached to an aromatic ring is 1. The predicted molar refractivity (Wildman–Crippen MR) is 64.7 cm³/mol. The Balaban J connectivity index is 2.45. The van der Waals surface area contributed by atoms with Crippen molar-refractivity contribution in [1.29, 1.82) is 0 Å². The van der Waals surface area contributed by atoms with E-state index in [9.17, 15) is 0 Å². The molecule has 0 saturated carbocycles. The molecule has 0 aliphatic carbocycles. The van der Waals surface area contributed by atoms with Gasteiger partial charge in [-0.3, -0.25) is 0 Å². The first-order chi connectivity index (χ1) is 7.61. The van der Waals surface area contributed by atoms with Crippen LogP contribution in [0.2, 0.25) is 10.0 Å². The number of aromatic nitrogens is 3. The maximum absolute atomic E-state index is 6.14. The van der Waals surface area contributed by atoms with Crippen molar-refractivity contribution in [3.63, 3.8) is 0 Å². The van der Waals surface area contributed by atoms with Crippen molar-refractivity contribution >= 4 is 28.9 Å². The van der Waals surface area contributed by atoms with Gasteiger partial charge in [-0.25, -0.2) is 9.67 Å². The molecular weight excluding hydrogens is 247 g/mol. The molecule has 1 aromatic carbocycles. The average molecular weight is 257 g/mol. The molecule has 0 radical (unpaired) electrons. The van der Waals surface area contributed by atoms with Crippen LogP contribution in [0, 0.1) is 0 Å². The van der Waals surface area contributed by atoms with E-state index in [-0.39, 0.29) is 6.04 Å². The molecule has 0 aliphatic heterocycles. The molecule has 1 heterocycles. The molecule has 2 rings (SSSR count). The van der Waals surface area contributed by atoms with Gasteiger partial charge in [0.05, 0.1) is 21.8 Å². The molecule has 1 unspecified atom stereocenters. The molecule has 1 atom stereocenters. The summed E-state index contributed by atoms with van der Waals surface area (Å²) in [6, 6.07) is 3.54. The monoisotopic (exact) mass is 256 g/mol. The number of hydrogen-bond acceptors (Lipinski definition) is 3. The van der Waals surface area contributed by atoms with Gasteiger partial charge in [0.1, 0.15) is 12.7 Å². The molecule has 1 aromatic heterocycles. The second-order valence-corrected chi connectivity index (χ2v) is 4.20. The molecule has 0 amide bonds. The van der Waals surface area contributed by atoms with E-state index in [0.717, 1.165) is 5.56 Å². The summed E-state index contributed by atoms with van der Waals surface area (Å²) in [7, 11) is 0. The SMILES string of the molecule is CC(c1ccc(Cl)c(N)c1Cl)n1cncn1. The standard InChI is InChI=1S/C10H10Cl2N4/c1-6(16-5-14-4-15-16)7-2-3-8(11)10(13)9(7)12/h2-6H,13H2,1H3. The van der Waals surface area contributed by atoms with E-state index in [4.69, 9.17) is 28.9 Å². The molecule has 84 valence electrons. The first-order valence-electron chi connectivity index (χ1n) is 4.68. The van der Waals surface area contributed by atoms with Gasteiger partial charge in [-0.2, -0.15) is 5.10 Å². The van der Waals surface area contributed by atoms with Crippen molar-refractivity contribution in [2.45, 2.75) is 13.0 Å². The molecule has 4 nitrogen and oxygen atoms in total. The van der Waals surface area contributed by atoms with Crippen LogP contribution in [0.1, 0.15) is 18.5 Å². The van der Waals surface area contributed by atoms with Crippen LogP contribution in [-0.4, -0.2) is 14.8 Å². The maximum atomic E-state index is 6.14. The largest absolute Gasteiger partial charge is 0.396 e. The van der Waals surface area contributed by atoms with Gasteiger partial charge in [-0.1, -0.05) is 29.3 Å². The third-order valence-corrected chi connectivity index (χ3v) is 3.19. The van der Waals surface area contributed by atoms with Crippen LogP contribution in [0.25, 0.3) is 0 Å². The summed E-state index contributed by atoms with van der Waals surface area (Å²) in [5.74, 6) is 0. The van der Waals surface area contributed by atoms with E-state index < -0.39 is 0 Å². The Morgan fingerprint density at radius 1 is 1.38 bits per heavy atom. The van der Waals surface area contributed by atoms with E-state index in [1.165, 1.54) is 6.33 Å². The lowest BCUT2D eigenvalue weighted by Crippen LogP contribution is -2.08. The first kappa shape index (κ1) is 11.2. The fraction of sp³-hybridized carbons (Fsp3) is 0.200. The second kappa shape index (κ2) is 4.31. The van der Waals surface area contributed by atoms with Crippen LogP contribution in [0.3, 0.4) is 0 Å². The fourth-order valence-electron chi connectivity index (χ4n) is 1.47. The number of hydrogen-bond donors (Lipinski definition) is 1. The van der Waals surface area contributed by atoms with Crippen LogP contribution in [0.5, 0.6) is 0 Å². The highest BCUT2D eigenvalue weighted by Gasteiger charge is 2.15. The highest BCUT2D eigenvalue weighted by molar-refractivity contribution is 6.39. The molecule has 0 saturated heterocycles. The van der Waals surface area contributed by atoms with Crippen LogP contribution < -0.4 is 5.73 Å². The van der Waals surface area contributed by atoms with E-state index in [0.29, 0.717) is 15.7 Å². The van der Waals surface area contributed by atoms with E-state index in [1.807, 2.05) is 13.0 Å². The summed E-state index contributed by atoms with van der Waals surface area (Å²) < 4.78 is 1.70. The van der Waals surface area contributed by atoms with Crippen molar-refractivity contribution in [3.8, 4) is 0 Å². The molecule has 6 heteroatoms. The normalized spacial score (nSPS) is 12.7. The van der Waals surface area contributed by atoms with Gasteiger partial charge >= 0.3 is 0 Å². The molecule has 0 fully saturated rings. The lowest BCUT2D eigenvalue weighted by molar-refractivity contribution is 0.563. The quantitative estimate of drug-likeness (QED) is 0.841. The van der Waals surface area contributed by atoms with Crippen molar-refractivity contribution in [2.75, 3.05) is 5.73 Å². The van der Waals surface area contributed by atoms with E-state index in [1.54, 1.807) is 17.1 Å². The number of anilines is 1. The predicted octanol–water partition coefficient (Wildman–Crippen LogP) is 2.78. The van der Waals surface area contributed by atoms with Gasteiger partial charge in [-0.05, 0) is 18.6 Å². The van der Waals surface area contributed by atoms with Crippen LogP contribution in [-0.2, 0) is 0 Å². The third kappa shape index (κ3) is 1.86. The zero-order valence-electron chi connectivity index (χ0n) is 8.56. The highest BCUT2D eigenvalue weighted by Crippen LogP contribution is 2.34. The Hall–Kier alpha value is -1.26. The van der Waals surface area contributed by atoms with Gasteiger partial charge < -0.3 is 5.73 Å². The Bertz CT molecular complexity index is 496. The van der Waals surface area contributed by atoms with E-state index in [2.05, 4.69) is 10.1 Å². The molecule has 0 bridgehead atoms. The topological polar surface area (TPSA) is 56.7 Å². The lowest BCUT2D eigenvalue weighted by atomic mass is 10.1. The van der Waals surface area contributed by atoms with Crippen molar-refractivity contribution in [3.05, 3.63) is 40.4 Å². The van der Waals surface area contributed by atoms with Crippen molar-refractivity contribution in [1.82, 2.24) is 14.8 Å². The Labute approximate surface area is 103 Å². The third-order valence-electron chi connectivity index (χ3n) is 2.44. The number of benzene rings is 1. The Morgan fingerprint density at radius 3 is 2.75 bits per heavy atom. The van der Waals surface area contributed by atoms with Crippen molar-refractivity contribution < 1.29 is 0 Å². The van der Waals surface area contributed by atoms with Crippen molar-refractivity contribution in [2.24, 2.45) is 0 Å². The van der Waals surface area contributed by atoms with Crippen LogP contribution >= 0.6 is 23.2 Å². The number of halogens is 2. The maximum Gasteiger partial charge on any atom is 0.137 e. The number of nitrogens with two attached hydrogens (primary N) is 1. The smallest absolute Gasteiger partial charge is 0.137 e. The van der Waals surface area contributed by atoms with Gasteiger partial charge in [-0.15, -0.1) is 0 Å². The zero-order valence-corrected chi connectivity index (χ0v) is 10.1. The molecule has 16 heavy (non-hydrogen) atoms. The molecule has 0 spiro atoms. The number of rotatable bonds is 2. The van der Waals surface area contributed by atoms with Gasteiger partial charge in [0.25, 0.3) is 0 Å². The summed E-state index contributed by atoms with van der Waals surface area (Å²) in [4.78, 5) is 3.89. The van der Waals surface area contributed by atoms with Gasteiger partial charge in [0.2, 0.25) is 0 Å². The zero-order chi connectivity index (χ0) is 11.7. The Kier molecular flexibility index (Phi) is 3.03. The average Bonchev–Trinajstić information content (AvgIpc) is 2.79. The molecule has 2 N–H and O–H groups in total. The minimum atomic E-state index is -0.0328. The van der Waals surface area contributed by atoms with Gasteiger partial charge in [0.15, 0.2) is 0 Å². The highest BCUT2D eigenvalue weighted by atomic mass is 35.5. The minimum Gasteiger partial charge on any atom is -0.396 e. The second-order valence-electron chi connectivity index (χ2n) is 3.42. The summed E-state index contributed by atoms with van der Waals surface area (Å²) in [5, 5.41) is 4.98.